The Balaban J connectivity index is -0.0000000542. The Morgan fingerprint density at radius 3 is 0.674 bits per heavy atom. The lowest BCUT2D eigenvalue weighted by molar-refractivity contribution is -0.164. The minimum absolute atomic E-state index is 0.231. The Labute approximate surface area is 288 Å². The van der Waals surface area contributed by atoms with E-state index < -0.39 is 43.7 Å². The smallest absolute Gasteiger partial charge is 0.171 e. The van der Waals surface area contributed by atoms with Gasteiger partial charge in [0.15, 0.2) is 0 Å². The monoisotopic (exact) mass is 702 g/mol. The van der Waals surface area contributed by atoms with Gasteiger partial charge in [0.05, 0.1) is 0 Å². The molecule has 0 saturated heterocycles. The van der Waals surface area contributed by atoms with Gasteiger partial charge in [-0.1, -0.05) is 183 Å². The quantitative estimate of drug-likeness (QED) is 0.242. The van der Waals surface area contributed by atoms with Gasteiger partial charge in [-0.05, 0) is 23.6 Å². The summed E-state index contributed by atoms with van der Waals surface area (Å²) in [6, 6.07) is 0. The van der Waals surface area contributed by atoms with Crippen molar-refractivity contribution in [1.82, 2.24) is 0 Å². The minimum Gasteiger partial charge on any atom is -0.171 e. The molecule has 294 valence electrons. The van der Waals surface area contributed by atoms with Gasteiger partial charge in [0.25, 0.3) is 0 Å². The zero-order chi connectivity index (χ0) is 42.5. The van der Waals surface area contributed by atoms with Crippen molar-refractivity contribution in [3.8, 4) is 0 Å². The van der Waals surface area contributed by atoms with Crippen LogP contribution in [0.4, 0.5) is 39.5 Å². The third kappa shape index (κ3) is 170. The highest BCUT2D eigenvalue weighted by Gasteiger charge is 2.31. The molecule has 9 heteroatoms. The highest BCUT2D eigenvalue weighted by Crippen LogP contribution is 2.26. The van der Waals surface area contributed by atoms with Crippen molar-refractivity contribution in [2.24, 2.45) is 29.6 Å². The van der Waals surface area contributed by atoms with Crippen LogP contribution in [0.1, 0.15) is 200 Å². The molecule has 0 radical (unpaired) electrons. The SMILES string of the molecule is CC.CC(C)C.CC(C)C(F)(F)F.CCC.CCCC.CC[C@H](C)CC(F)(F)F.CC[C@H](C)CC(F)(F)F.[2H]C(C)(C)C.[2H]C([2H])(C)CC. The summed E-state index contributed by atoms with van der Waals surface area (Å²) in [7, 11) is 0. The zero-order valence-electron chi connectivity index (χ0n) is 36.9. The average molecular weight is 702 g/mol. The lowest BCUT2D eigenvalue weighted by Gasteiger charge is -2.10. The second-order valence-corrected chi connectivity index (χ2v) is 12.0. The summed E-state index contributed by atoms with van der Waals surface area (Å²) >= 11 is 0. The fourth-order valence-corrected chi connectivity index (χ4v) is 1.08. The molecule has 0 N–H and O–H groups in total. The van der Waals surface area contributed by atoms with E-state index in [0.29, 0.717) is 19.3 Å². The number of alkyl halides is 9. The van der Waals surface area contributed by atoms with Crippen molar-refractivity contribution in [1.29, 1.82) is 0 Å². The molecular formula is C37H83F9. The Bertz CT molecular complexity index is 529. The lowest BCUT2D eigenvalue weighted by atomic mass is 10.1. The lowest BCUT2D eigenvalue weighted by Crippen LogP contribution is -2.15. The fraction of sp³-hybridized carbons (Fsp3) is 1.00. The van der Waals surface area contributed by atoms with E-state index in [0.717, 1.165) is 19.8 Å². The Morgan fingerprint density at radius 1 is 0.500 bits per heavy atom. The van der Waals surface area contributed by atoms with Crippen LogP contribution in [-0.2, 0) is 0 Å². The molecule has 0 aromatic heterocycles. The molecular weight excluding hydrogens is 615 g/mol. The van der Waals surface area contributed by atoms with E-state index in [1.165, 1.54) is 19.3 Å². The molecule has 0 aromatic carbocycles. The van der Waals surface area contributed by atoms with Crippen molar-refractivity contribution >= 4 is 0 Å². The molecule has 0 amide bonds. The van der Waals surface area contributed by atoms with Crippen LogP contribution in [0, 0.1) is 29.6 Å². The van der Waals surface area contributed by atoms with E-state index in [1.807, 2.05) is 41.5 Å². The Morgan fingerprint density at radius 2 is 0.652 bits per heavy atom. The molecule has 0 bridgehead atoms. The topological polar surface area (TPSA) is 0 Å². The number of halogens is 9. The van der Waals surface area contributed by atoms with E-state index in [2.05, 4.69) is 48.5 Å². The van der Waals surface area contributed by atoms with Crippen LogP contribution < -0.4 is 0 Å². The van der Waals surface area contributed by atoms with Gasteiger partial charge in [-0.3, -0.25) is 0 Å². The first kappa shape index (κ1) is 57.6. The maximum Gasteiger partial charge on any atom is 0.391 e. The summed E-state index contributed by atoms with van der Waals surface area (Å²) in [5, 5.41) is 0. The highest BCUT2D eigenvalue weighted by molar-refractivity contribution is 4.57. The summed E-state index contributed by atoms with van der Waals surface area (Å²) in [5.74, 6) is -1.08. The molecule has 0 rings (SSSR count). The highest BCUT2D eigenvalue weighted by atomic mass is 19.4. The van der Waals surface area contributed by atoms with Crippen LogP contribution in [0.15, 0.2) is 0 Å². The number of unbranched alkanes of at least 4 members (excludes halogenated alkanes) is 1. The maximum absolute atomic E-state index is 11.5. The number of hydrogen-bond donors (Lipinski definition) is 0. The summed E-state index contributed by atoms with van der Waals surface area (Å²) in [6.07, 6.45) is -8.52. The Kier molecular flexibility index (Phi) is 61.1. The Hall–Kier alpha value is -0.630. The summed E-state index contributed by atoms with van der Waals surface area (Å²) in [6.45, 7) is 37.1. The van der Waals surface area contributed by atoms with Gasteiger partial charge in [-0.15, -0.1) is 0 Å². The van der Waals surface area contributed by atoms with Gasteiger partial charge in [0.1, 0.15) is 0 Å². The molecule has 46 heavy (non-hydrogen) atoms. The molecule has 0 aliphatic rings. The predicted molar refractivity (Wildman–Crippen MR) is 191 cm³/mol. The second-order valence-electron chi connectivity index (χ2n) is 12.0. The van der Waals surface area contributed by atoms with Crippen molar-refractivity contribution < 1.29 is 43.6 Å². The van der Waals surface area contributed by atoms with Gasteiger partial charge in [-0.25, -0.2) is 0 Å². The standard InChI is InChI=1S/2C6H11F3.C4H7F3.4C4H10.C3H8.C2H6/c2*1-3-5(2)4-6(7,8)9;1-3(2)4(5,6)7;2*1-4(2)3;2*1-3-4-2;1-3-2;1-2/h2*5H,3-4H2,1-2H3;3H,1-2H3;2*4H,1-3H3;2*3-4H2,1-2H3;3H2,1-2H3;1-2H3/t2*5-;;;;;;;/m00......./s1/i;;;4D;;3D2;;;. The molecule has 0 nitrogen and oxygen atoms in total. The van der Waals surface area contributed by atoms with Crippen LogP contribution >= 0.6 is 0 Å². The van der Waals surface area contributed by atoms with Gasteiger partial charge < -0.3 is 0 Å². The van der Waals surface area contributed by atoms with Crippen molar-refractivity contribution in [2.75, 3.05) is 0 Å². The van der Waals surface area contributed by atoms with Gasteiger partial charge >= 0.3 is 18.5 Å². The third-order valence-corrected chi connectivity index (χ3v) is 4.06. The van der Waals surface area contributed by atoms with Crippen LogP contribution in [0.25, 0.3) is 0 Å². The normalized spacial score (nSPS) is 13.0. The van der Waals surface area contributed by atoms with E-state index in [1.54, 1.807) is 34.6 Å². The summed E-state index contributed by atoms with van der Waals surface area (Å²) < 4.78 is 123. The molecule has 0 aromatic rings. The first-order valence-corrected chi connectivity index (χ1v) is 17.2. The van der Waals surface area contributed by atoms with E-state index in [-0.39, 0.29) is 17.7 Å². The van der Waals surface area contributed by atoms with E-state index >= 15 is 0 Å². The van der Waals surface area contributed by atoms with Gasteiger partial charge in [0, 0.05) is 22.9 Å². The molecule has 0 heterocycles. The van der Waals surface area contributed by atoms with Crippen molar-refractivity contribution in [3.05, 3.63) is 0 Å². The number of rotatable bonds is 6. The van der Waals surface area contributed by atoms with Crippen LogP contribution in [0.5, 0.6) is 0 Å². The second kappa shape index (κ2) is 48.8. The third-order valence-electron chi connectivity index (χ3n) is 4.06. The maximum atomic E-state index is 11.5. The van der Waals surface area contributed by atoms with Gasteiger partial charge in [0.2, 0.25) is 0 Å². The molecule has 0 aliphatic heterocycles. The van der Waals surface area contributed by atoms with Gasteiger partial charge in [-0.2, -0.15) is 39.5 Å². The predicted octanol–water partition coefficient (Wildman–Crippen LogP) is 17.6. The minimum atomic E-state index is -4.00. The number of hydrogen-bond acceptors (Lipinski definition) is 0. The first-order chi connectivity index (χ1) is 21.5. The molecule has 0 fully saturated rings. The summed E-state index contributed by atoms with van der Waals surface area (Å²) in [5.41, 5.74) is 0. The van der Waals surface area contributed by atoms with E-state index in [9.17, 15) is 39.5 Å². The molecule has 0 saturated carbocycles. The summed E-state index contributed by atoms with van der Waals surface area (Å²) in [4.78, 5) is 0. The first-order valence-electron chi connectivity index (χ1n) is 18.7. The molecule has 0 spiro atoms. The zero-order valence-corrected chi connectivity index (χ0v) is 33.9. The fourth-order valence-electron chi connectivity index (χ4n) is 1.08. The van der Waals surface area contributed by atoms with Crippen LogP contribution in [-0.4, -0.2) is 18.5 Å². The van der Waals surface area contributed by atoms with E-state index in [4.69, 9.17) is 4.11 Å². The van der Waals surface area contributed by atoms with Crippen LogP contribution in [0.3, 0.4) is 0 Å². The van der Waals surface area contributed by atoms with Crippen LogP contribution in [0.2, 0.25) is 0 Å². The largest absolute Gasteiger partial charge is 0.391 e. The molecule has 2 atom stereocenters. The van der Waals surface area contributed by atoms with Crippen molar-refractivity contribution in [3.63, 3.8) is 0 Å². The van der Waals surface area contributed by atoms with Crippen molar-refractivity contribution in [2.45, 2.75) is 215 Å². The average Bonchev–Trinajstić information content (AvgIpc) is 2.87. The molecule has 0 aliphatic carbocycles. The molecule has 0 unspecified atom stereocenters.